The number of nitrogens with zero attached hydrogens (tertiary/aromatic N) is 1. The molecule has 0 radical (unpaired) electrons. The molecule has 0 amide bonds. The molecule has 2 fully saturated rings. The summed E-state index contributed by atoms with van der Waals surface area (Å²) in [7, 11) is 2.28. The SMILES string of the molecule is CN(C1CC2CCC(C1)N2)C1CCc2cc(F)ccc21. The van der Waals surface area contributed by atoms with Crippen molar-refractivity contribution >= 4 is 0 Å². The van der Waals surface area contributed by atoms with E-state index in [4.69, 9.17) is 0 Å². The van der Waals surface area contributed by atoms with Crippen molar-refractivity contribution in [3.05, 3.63) is 35.1 Å². The van der Waals surface area contributed by atoms with Crippen LogP contribution in [0.4, 0.5) is 4.39 Å². The van der Waals surface area contributed by atoms with E-state index in [1.165, 1.54) is 36.8 Å². The largest absolute Gasteiger partial charge is 0.311 e. The molecule has 2 bridgehead atoms. The number of nitrogens with one attached hydrogen (secondary N) is 1. The van der Waals surface area contributed by atoms with E-state index in [2.05, 4.69) is 17.3 Å². The van der Waals surface area contributed by atoms with Crippen molar-refractivity contribution in [2.45, 2.75) is 62.7 Å². The van der Waals surface area contributed by atoms with Gasteiger partial charge in [-0.2, -0.15) is 0 Å². The number of aryl methyl sites for hydroxylation is 1. The van der Waals surface area contributed by atoms with Crippen molar-refractivity contribution in [2.24, 2.45) is 0 Å². The fourth-order valence-corrected chi connectivity index (χ4v) is 4.60. The number of halogens is 1. The average molecular weight is 274 g/mol. The number of benzene rings is 1. The zero-order valence-electron chi connectivity index (χ0n) is 12.1. The van der Waals surface area contributed by atoms with Gasteiger partial charge in [-0.15, -0.1) is 0 Å². The van der Waals surface area contributed by atoms with Crippen molar-refractivity contribution < 1.29 is 4.39 Å². The summed E-state index contributed by atoms with van der Waals surface area (Å²) in [5, 5.41) is 3.72. The zero-order valence-corrected chi connectivity index (χ0v) is 12.1. The topological polar surface area (TPSA) is 15.3 Å². The number of fused-ring (bicyclic) bond motifs is 3. The van der Waals surface area contributed by atoms with Gasteiger partial charge in [0.05, 0.1) is 0 Å². The Kier molecular flexibility index (Phi) is 3.08. The molecule has 1 aromatic rings. The first kappa shape index (κ1) is 12.8. The lowest BCUT2D eigenvalue weighted by atomic mass is 9.96. The zero-order chi connectivity index (χ0) is 13.7. The first-order valence-corrected chi connectivity index (χ1v) is 7.97. The van der Waals surface area contributed by atoms with Gasteiger partial charge in [0.25, 0.3) is 0 Å². The summed E-state index contributed by atoms with van der Waals surface area (Å²) in [6, 6.07) is 8.01. The molecule has 4 rings (SSSR count). The van der Waals surface area contributed by atoms with Crippen LogP contribution in [0.3, 0.4) is 0 Å². The van der Waals surface area contributed by atoms with Crippen LogP contribution in [-0.2, 0) is 6.42 Å². The molecule has 1 aliphatic carbocycles. The van der Waals surface area contributed by atoms with Crippen molar-refractivity contribution in [3.8, 4) is 0 Å². The number of rotatable bonds is 2. The molecule has 1 aromatic carbocycles. The Labute approximate surface area is 120 Å². The summed E-state index contributed by atoms with van der Waals surface area (Å²) in [6.45, 7) is 0. The van der Waals surface area contributed by atoms with Crippen molar-refractivity contribution in [3.63, 3.8) is 0 Å². The van der Waals surface area contributed by atoms with Gasteiger partial charge in [-0.3, -0.25) is 4.90 Å². The lowest BCUT2D eigenvalue weighted by Crippen LogP contribution is -2.47. The van der Waals surface area contributed by atoms with E-state index in [1.807, 2.05) is 6.07 Å². The van der Waals surface area contributed by atoms with Crippen molar-refractivity contribution in [1.82, 2.24) is 10.2 Å². The maximum Gasteiger partial charge on any atom is 0.123 e. The van der Waals surface area contributed by atoms with Gasteiger partial charge in [-0.25, -0.2) is 4.39 Å². The molecule has 3 heteroatoms. The molecule has 3 aliphatic rings. The Morgan fingerprint density at radius 1 is 1.15 bits per heavy atom. The van der Waals surface area contributed by atoms with Gasteiger partial charge >= 0.3 is 0 Å². The third kappa shape index (κ3) is 2.08. The molecule has 0 spiro atoms. The fourth-order valence-electron chi connectivity index (χ4n) is 4.60. The van der Waals surface area contributed by atoms with Crippen LogP contribution in [0.5, 0.6) is 0 Å². The molecule has 20 heavy (non-hydrogen) atoms. The molecule has 2 aliphatic heterocycles. The Morgan fingerprint density at radius 3 is 2.65 bits per heavy atom. The molecule has 2 nitrogen and oxygen atoms in total. The molecular weight excluding hydrogens is 251 g/mol. The standard InChI is InChI=1S/C17H23FN2/c1-20(15-9-13-4-5-14(10-15)19-13)17-7-2-11-8-12(18)3-6-16(11)17/h3,6,8,13-15,17,19H,2,4-5,7,9-10H2,1H3. The molecular formula is C17H23FN2. The Hall–Kier alpha value is -0.930. The average Bonchev–Trinajstić information content (AvgIpc) is 3.00. The third-order valence-electron chi connectivity index (χ3n) is 5.67. The Balaban J connectivity index is 1.54. The summed E-state index contributed by atoms with van der Waals surface area (Å²) in [4.78, 5) is 2.58. The maximum absolute atomic E-state index is 13.3. The van der Waals surface area contributed by atoms with Gasteiger partial charge in [0.1, 0.15) is 5.82 Å². The van der Waals surface area contributed by atoms with Crippen LogP contribution in [-0.4, -0.2) is 30.1 Å². The summed E-state index contributed by atoms with van der Waals surface area (Å²) in [6.07, 6.45) is 7.43. The van der Waals surface area contributed by atoms with E-state index in [-0.39, 0.29) is 5.82 Å². The predicted molar refractivity (Wildman–Crippen MR) is 78.2 cm³/mol. The lowest BCUT2D eigenvalue weighted by molar-refractivity contribution is 0.124. The van der Waals surface area contributed by atoms with Gasteiger partial charge in [0.2, 0.25) is 0 Å². The van der Waals surface area contributed by atoms with E-state index >= 15 is 0 Å². The summed E-state index contributed by atoms with van der Waals surface area (Å²) in [5.41, 5.74) is 2.58. The third-order valence-corrected chi connectivity index (χ3v) is 5.67. The second-order valence-corrected chi connectivity index (χ2v) is 6.83. The second-order valence-electron chi connectivity index (χ2n) is 6.83. The minimum absolute atomic E-state index is 0.0908. The van der Waals surface area contributed by atoms with E-state index < -0.39 is 0 Å². The molecule has 108 valence electrons. The van der Waals surface area contributed by atoms with Crippen molar-refractivity contribution in [1.29, 1.82) is 0 Å². The number of piperidine rings is 1. The van der Waals surface area contributed by atoms with Crippen LogP contribution in [0.25, 0.3) is 0 Å². The summed E-state index contributed by atoms with van der Waals surface area (Å²) < 4.78 is 13.3. The summed E-state index contributed by atoms with van der Waals surface area (Å²) >= 11 is 0. The van der Waals surface area contributed by atoms with Gasteiger partial charge in [0, 0.05) is 24.2 Å². The Bertz CT molecular complexity index is 504. The summed E-state index contributed by atoms with van der Waals surface area (Å²) in [5.74, 6) is -0.0908. The second kappa shape index (κ2) is 4.81. The molecule has 0 aromatic heterocycles. The first-order valence-electron chi connectivity index (χ1n) is 7.97. The normalized spacial score (nSPS) is 35.5. The van der Waals surface area contributed by atoms with Crippen LogP contribution in [0, 0.1) is 5.82 Å². The van der Waals surface area contributed by atoms with Crippen LogP contribution in [0.2, 0.25) is 0 Å². The van der Waals surface area contributed by atoms with Crippen LogP contribution in [0.15, 0.2) is 18.2 Å². The smallest absolute Gasteiger partial charge is 0.123 e. The molecule has 3 atom stereocenters. The number of hydrogen-bond acceptors (Lipinski definition) is 2. The monoisotopic (exact) mass is 274 g/mol. The highest BCUT2D eigenvalue weighted by atomic mass is 19.1. The molecule has 0 saturated carbocycles. The maximum atomic E-state index is 13.3. The van der Waals surface area contributed by atoms with E-state index in [0.29, 0.717) is 12.1 Å². The van der Waals surface area contributed by atoms with E-state index in [9.17, 15) is 4.39 Å². The van der Waals surface area contributed by atoms with Crippen LogP contribution in [0.1, 0.15) is 49.3 Å². The van der Waals surface area contributed by atoms with E-state index in [1.54, 1.807) is 12.1 Å². The van der Waals surface area contributed by atoms with Gasteiger partial charge in [-0.05, 0) is 68.8 Å². The molecule has 2 saturated heterocycles. The minimum Gasteiger partial charge on any atom is -0.311 e. The van der Waals surface area contributed by atoms with Gasteiger partial charge in [-0.1, -0.05) is 6.07 Å². The highest BCUT2D eigenvalue weighted by molar-refractivity contribution is 5.35. The quantitative estimate of drug-likeness (QED) is 0.892. The number of hydrogen-bond donors (Lipinski definition) is 1. The predicted octanol–water partition coefficient (Wildman–Crippen LogP) is 3.03. The fraction of sp³-hybridized carbons (Fsp3) is 0.647. The molecule has 2 heterocycles. The van der Waals surface area contributed by atoms with Crippen LogP contribution < -0.4 is 5.32 Å². The molecule has 3 unspecified atom stereocenters. The van der Waals surface area contributed by atoms with Crippen molar-refractivity contribution in [2.75, 3.05) is 7.05 Å². The van der Waals surface area contributed by atoms with E-state index in [0.717, 1.165) is 24.9 Å². The van der Waals surface area contributed by atoms with Gasteiger partial charge < -0.3 is 5.32 Å². The highest BCUT2D eigenvalue weighted by Gasteiger charge is 2.38. The Morgan fingerprint density at radius 2 is 1.90 bits per heavy atom. The minimum atomic E-state index is -0.0908. The molecule has 1 N–H and O–H groups in total. The lowest BCUT2D eigenvalue weighted by Gasteiger charge is -2.39. The first-order chi connectivity index (χ1) is 9.70. The van der Waals surface area contributed by atoms with Crippen LogP contribution >= 0.6 is 0 Å². The van der Waals surface area contributed by atoms with Gasteiger partial charge in [0.15, 0.2) is 0 Å². The highest BCUT2D eigenvalue weighted by Crippen LogP contribution is 2.39.